The third kappa shape index (κ3) is 3.38. The molecule has 0 saturated heterocycles. The van der Waals surface area contributed by atoms with Gasteiger partial charge >= 0.3 is 6.03 Å². The Morgan fingerprint density at radius 2 is 1.95 bits per heavy atom. The van der Waals surface area contributed by atoms with Crippen LogP contribution in [0.25, 0.3) is 5.69 Å². The van der Waals surface area contributed by atoms with Crippen molar-refractivity contribution >= 4 is 11.7 Å². The van der Waals surface area contributed by atoms with Crippen molar-refractivity contribution in [3.63, 3.8) is 0 Å². The summed E-state index contributed by atoms with van der Waals surface area (Å²) in [5, 5.41) is 9.98. The number of amides is 2. The molecule has 0 fully saturated rings. The molecule has 1 atom stereocenters. The van der Waals surface area contributed by atoms with E-state index in [0.29, 0.717) is 5.92 Å². The van der Waals surface area contributed by atoms with Gasteiger partial charge in [0.05, 0.1) is 11.4 Å². The minimum Gasteiger partial charge on any atom is -0.335 e. The number of para-hydroxylation sites is 2. The molecule has 1 aromatic heterocycles. The molecule has 106 valence electrons. The van der Waals surface area contributed by atoms with Gasteiger partial charge in [-0.2, -0.15) is 5.10 Å². The van der Waals surface area contributed by atoms with E-state index in [9.17, 15) is 4.79 Å². The molecule has 0 saturated carbocycles. The van der Waals surface area contributed by atoms with Crippen LogP contribution in [0.4, 0.5) is 10.5 Å². The van der Waals surface area contributed by atoms with Gasteiger partial charge in [-0.1, -0.05) is 26.0 Å². The van der Waals surface area contributed by atoms with Crippen molar-refractivity contribution in [3.8, 4) is 5.69 Å². The molecule has 0 aliphatic heterocycles. The molecule has 5 heteroatoms. The van der Waals surface area contributed by atoms with Crippen LogP contribution in [0.3, 0.4) is 0 Å². The Morgan fingerprint density at radius 1 is 1.20 bits per heavy atom. The first-order chi connectivity index (χ1) is 9.58. The minimum atomic E-state index is -0.203. The third-order valence-electron chi connectivity index (χ3n) is 3.26. The van der Waals surface area contributed by atoms with Gasteiger partial charge in [-0.25, -0.2) is 9.48 Å². The van der Waals surface area contributed by atoms with E-state index in [0.717, 1.165) is 11.4 Å². The maximum atomic E-state index is 12.0. The number of carbonyl (C=O) groups excluding carboxylic acids is 1. The van der Waals surface area contributed by atoms with Gasteiger partial charge in [0.1, 0.15) is 0 Å². The fraction of sp³-hybridized carbons (Fsp3) is 0.333. The summed E-state index contributed by atoms with van der Waals surface area (Å²) in [6.45, 7) is 6.13. The first kappa shape index (κ1) is 14.1. The smallest absolute Gasteiger partial charge is 0.319 e. The van der Waals surface area contributed by atoms with Crippen LogP contribution in [0.1, 0.15) is 20.8 Å². The lowest BCUT2D eigenvalue weighted by molar-refractivity contribution is 0.246. The number of nitrogens with one attached hydrogen (secondary N) is 2. The Hall–Kier alpha value is -2.30. The minimum absolute atomic E-state index is 0.117. The Kier molecular flexibility index (Phi) is 4.40. The maximum absolute atomic E-state index is 12.0. The average Bonchev–Trinajstić information content (AvgIpc) is 2.92. The lowest BCUT2D eigenvalue weighted by atomic mass is 10.1. The number of urea groups is 1. The zero-order valence-electron chi connectivity index (χ0n) is 12.0. The summed E-state index contributed by atoms with van der Waals surface area (Å²) >= 11 is 0. The highest BCUT2D eigenvalue weighted by atomic mass is 16.2. The molecule has 20 heavy (non-hydrogen) atoms. The Labute approximate surface area is 119 Å². The highest BCUT2D eigenvalue weighted by Crippen LogP contribution is 2.18. The predicted molar refractivity (Wildman–Crippen MR) is 80.0 cm³/mol. The van der Waals surface area contributed by atoms with E-state index in [1.165, 1.54) is 0 Å². The van der Waals surface area contributed by atoms with Gasteiger partial charge in [-0.15, -0.1) is 0 Å². The number of aromatic nitrogens is 2. The Balaban J connectivity index is 2.12. The second-order valence-electron chi connectivity index (χ2n) is 5.10. The standard InChI is InChI=1S/C15H20N4O/c1-11(2)12(3)17-15(20)18-13-7-4-5-8-14(13)19-10-6-9-16-19/h4-12H,1-3H3,(H2,17,18,20). The first-order valence-electron chi connectivity index (χ1n) is 6.74. The fourth-order valence-electron chi connectivity index (χ4n) is 1.72. The SMILES string of the molecule is CC(C)C(C)NC(=O)Nc1ccccc1-n1cccn1. The van der Waals surface area contributed by atoms with Crippen molar-refractivity contribution in [2.24, 2.45) is 5.92 Å². The molecule has 0 aliphatic rings. The lowest BCUT2D eigenvalue weighted by Gasteiger charge is -2.18. The summed E-state index contributed by atoms with van der Waals surface area (Å²) < 4.78 is 1.72. The van der Waals surface area contributed by atoms with Gasteiger partial charge in [-0.05, 0) is 31.0 Å². The highest BCUT2D eigenvalue weighted by Gasteiger charge is 2.12. The molecule has 2 aromatic rings. The van der Waals surface area contributed by atoms with E-state index in [4.69, 9.17) is 0 Å². The van der Waals surface area contributed by atoms with Crippen LogP contribution in [0.2, 0.25) is 0 Å². The van der Waals surface area contributed by atoms with Gasteiger partial charge in [-0.3, -0.25) is 0 Å². The van der Waals surface area contributed by atoms with Gasteiger partial charge in [0.2, 0.25) is 0 Å². The van der Waals surface area contributed by atoms with Crippen LogP contribution in [0.15, 0.2) is 42.7 Å². The first-order valence-corrected chi connectivity index (χ1v) is 6.74. The van der Waals surface area contributed by atoms with Crippen molar-refractivity contribution in [3.05, 3.63) is 42.7 Å². The number of carbonyl (C=O) groups is 1. The number of rotatable bonds is 4. The van der Waals surface area contributed by atoms with Crippen LogP contribution in [-0.4, -0.2) is 21.9 Å². The van der Waals surface area contributed by atoms with E-state index in [1.807, 2.05) is 43.5 Å². The molecule has 1 aromatic carbocycles. The predicted octanol–water partition coefficient (Wildman–Crippen LogP) is 3.04. The van der Waals surface area contributed by atoms with E-state index in [-0.39, 0.29) is 12.1 Å². The van der Waals surface area contributed by atoms with E-state index in [1.54, 1.807) is 10.9 Å². The second-order valence-corrected chi connectivity index (χ2v) is 5.10. The van der Waals surface area contributed by atoms with Gasteiger partial charge in [0.15, 0.2) is 0 Å². The third-order valence-corrected chi connectivity index (χ3v) is 3.26. The normalized spacial score (nSPS) is 12.2. The molecule has 0 radical (unpaired) electrons. The number of nitrogens with zero attached hydrogens (tertiary/aromatic N) is 2. The van der Waals surface area contributed by atoms with Crippen molar-refractivity contribution < 1.29 is 4.79 Å². The zero-order chi connectivity index (χ0) is 14.5. The Bertz CT molecular complexity index is 563. The van der Waals surface area contributed by atoms with E-state index >= 15 is 0 Å². The fourth-order valence-corrected chi connectivity index (χ4v) is 1.72. The summed E-state index contributed by atoms with van der Waals surface area (Å²) in [7, 11) is 0. The van der Waals surface area contributed by atoms with Crippen LogP contribution in [0.5, 0.6) is 0 Å². The molecule has 5 nitrogen and oxygen atoms in total. The quantitative estimate of drug-likeness (QED) is 0.898. The Morgan fingerprint density at radius 3 is 2.60 bits per heavy atom. The molecule has 1 unspecified atom stereocenters. The average molecular weight is 272 g/mol. The highest BCUT2D eigenvalue weighted by molar-refractivity contribution is 5.91. The molecule has 2 rings (SSSR count). The van der Waals surface area contributed by atoms with Crippen LogP contribution in [0, 0.1) is 5.92 Å². The summed E-state index contributed by atoms with van der Waals surface area (Å²) in [5.74, 6) is 0.391. The molecule has 0 bridgehead atoms. The van der Waals surface area contributed by atoms with Crippen LogP contribution < -0.4 is 10.6 Å². The van der Waals surface area contributed by atoms with E-state index in [2.05, 4.69) is 29.6 Å². The van der Waals surface area contributed by atoms with Gasteiger partial charge < -0.3 is 10.6 Å². The van der Waals surface area contributed by atoms with Crippen molar-refractivity contribution in [1.82, 2.24) is 15.1 Å². The van der Waals surface area contributed by atoms with Crippen molar-refractivity contribution in [2.45, 2.75) is 26.8 Å². The van der Waals surface area contributed by atoms with E-state index < -0.39 is 0 Å². The van der Waals surface area contributed by atoms with Gasteiger partial charge in [0, 0.05) is 18.4 Å². The lowest BCUT2D eigenvalue weighted by Crippen LogP contribution is -2.39. The van der Waals surface area contributed by atoms with Crippen LogP contribution >= 0.6 is 0 Å². The van der Waals surface area contributed by atoms with Crippen LogP contribution in [-0.2, 0) is 0 Å². The number of benzene rings is 1. The van der Waals surface area contributed by atoms with Crippen molar-refractivity contribution in [1.29, 1.82) is 0 Å². The largest absolute Gasteiger partial charge is 0.335 e. The molecule has 2 amide bonds. The molecule has 0 aliphatic carbocycles. The maximum Gasteiger partial charge on any atom is 0.319 e. The number of hydrogen-bond donors (Lipinski definition) is 2. The molecule has 0 spiro atoms. The number of hydrogen-bond acceptors (Lipinski definition) is 2. The summed E-state index contributed by atoms with van der Waals surface area (Å²) in [6, 6.07) is 9.33. The second kappa shape index (κ2) is 6.23. The summed E-state index contributed by atoms with van der Waals surface area (Å²) in [4.78, 5) is 12.0. The summed E-state index contributed by atoms with van der Waals surface area (Å²) in [6.07, 6.45) is 3.55. The topological polar surface area (TPSA) is 59.0 Å². The van der Waals surface area contributed by atoms with Crippen molar-refractivity contribution in [2.75, 3.05) is 5.32 Å². The van der Waals surface area contributed by atoms with Gasteiger partial charge in [0.25, 0.3) is 0 Å². The molecular weight excluding hydrogens is 252 g/mol. The molecular formula is C15H20N4O. The zero-order valence-corrected chi connectivity index (χ0v) is 12.0. The molecule has 1 heterocycles. The monoisotopic (exact) mass is 272 g/mol. The number of anilines is 1. The summed E-state index contributed by atoms with van der Waals surface area (Å²) in [5.41, 5.74) is 1.56. The molecule has 2 N–H and O–H groups in total.